The Bertz CT molecular complexity index is 537. The normalized spacial score (nSPS) is 11.5. The number of benzene rings is 1. The van der Waals surface area contributed by atoms with Crippen molar-refractivity contribution < 1.29 is 4.79 Å². The number of hydrogen-bond donors (Lipinski definition) is 2. The number of rotatable bonds is 6. The number of nitrogens with two attached hydrogens (primary N) is 1. The van der Waals surface area contributed by atoms with Crippen molar-refractivity contribution in [3.05, 3.63) is 48.3 Å². The lowest BCUT2D eigenvalue weighted by molar-refractivity contribution is -0.121. The molecule has 1 aromatic heterocycles. The molecular weight excluding hydrogens is 288 g/mol. The van der Waals surface area contributed by atoms with E-state index in [4.69, 9.17) is 5.73 Å². The third-order valence-electron chi connectivity index (χ3n) is 2.95. The quantitative estimate of drug-likeness (QED) is 0.853. The number of halogens is 1. The Kier molecular flexibility index (Phi) is 6.91. The van der Waals surface area contributed by atoms with Crippen molar-refractivity contribution in [3.8, 4) is 5.69 Å². The van der Waals surface area contributed by atoms with Crippen LogP contribution in [0.25, 0.3) is 5.69 Å². The highest BCUT2D eigenvalue weighted by Crippen LogP contribution is 2.08. The van der Waals surface area contributed by atoms with Crippen molar-refractivity contribution in [1.82, 2.24) is 15.1 Å². The van der Waals surface area contributed by atoms with Crippen LogP contribution in [0.1, 0.15) is 18.9 Å². The third kappa shape index (κ3) is 5.57. The van der Waals surface area contributed by atoms with Crippen LogP contribution in [0.3, 0.4) is 0 Å². The molecule has 2 aromatic rings. The highest BCUT2D eigenvalue weighted by Gasteiger charge is 2.04. The second kappa shape index (κ2) is 8.44. The van der Waals surface area contributed by atoms with Crippen molar-refractivity contribution in [3.63, 3.8) is 0 Å². The van der Waals surface area contributed by atoms with Crippen LogP contribution in [0.15, 0.2) is 42.7 Å². The van der Waals surface area contributed by atoms with Gasteiger partial charge in [-0.15, -0.1) is 12.4 Å². The van der Waals surface area contributed by atoms with E-state index in [1.807, 2.05) is 36.0 Å². The van der Waals surface area contributed by atoms with Gasteiger partial charge in [0.2, 0.25) is 5.91 Å². The van der Waals surface area contributed by atoms with Crippen LogP contribution in [0.4, 0.5) is 0 Å². The molecule has 3 N–H and O–H groups in total. The Morgan fingerprint density at radius 2 is 2.10 bits per heavy atom. The largest absolute Gasteiger partial charge is 0.356 e. The number of nitrogens with one attached hydrogen (secondary N) is 1. The zero-order valence-electron chi connectivity index (χ0n) is 12.0. The predicted molar refractivity (Wildman–Crippen MR) is 85.8 cm³/mol. The fourth-order valence-corrected chi connectivity index (χ4v) is 1.95. The van der Waals surface area contributed by atoms with Gasteiger partial charge in [-0.25, -0.2) is 4.68 Å². The molecule has 0 radical (unpaired) electrons. The van der Waals surface area contributed by atoms with Crippen LogP contribution in [-0.2, 0) is 11.2 Å². The monoisotopic (exact) mass is 308 g/mol. The summed E-state index contributed by atoms with van der Waals surface area (Å²) in [7, 11) is 0. The van der Waals surface area contributed by atoms with Crippen LogP contribution < -0.4 is 11.1 Å². The Balaban J connectivity index is 0.00000220. The molecule has 21 heavy (non-hydrogen) atoms. The molecule has 0 spiro atoms. The minimum absolute atomic E-state index is 0. The van der Waals surface area contributed by atoms with Gasteiger partial charge < -0.3 is 11.1 Å². The van der Waals surface area contributed by atoms with Crippen molar-refractivity contribution >= 4 is 18.3 Å². The summed E-state index contributed by atoms with van der Waals surface area (Å²) < 4.78 is 1.81. The van der Waals surface area contributed by atoms with E-state index in [0.29, 0.717) is 13.0 Å². The van der Waals surface area contributed by atoms with E-state index in [0.717, 1.165) is 12.1 Å². The molecular formula is C15H21ClN4O. The molecule has 5 nitrogen and oxygen atoms in total. The highest BCUT2D eigenvalue weighted by molar-refractivity contribution is 5.85. The van der Waals surface area contributed by atoms with Gasteiger partial charge in [0.1, 0.15) is 0 Å². The third-order valence-corrected chi connectivity index (χ3v) is 2.95. The lowest BCUT2D eigenvalue weighted by atomic mass is 10.1. The number of carbonyl (C=O) groups is 1. The highest BCUT2D eigenvalue weighted by atomic mass is 35.5. The molecule has 1 aromatic carbocycles. The molecule has 0 aliphatic heterocycles. The summed E-state index contributed by atoms with van der Waals surface area (Å²) in [5, 5.41) is 7.05. The van der Waals surface area contributed by atoms with E-state index >= 15 is 0 Å². The minimum Gasteiger partial charge on any atom is -0.356 e. The summed E-state index contributed by atoms with van der Waals surface area (Å²) in [4.78, 5) is 11.5. The molecule has 6 heteroatoms. The summed E-state index contributed by atoms with van der Waals surface area (Å²) in [6, 6.07) is 9.94. The van der Waals surface area contributed by atoms with Crippen LogP contribution in [-0.4, -0.2) is 28.3 Å². The second-order valence-electron chi connectivity index (χ2n) is 4.90. The summed E-state index contributed by atoms with van der Waals surface area (Å²) >= 11 is 0. The fraction of sp³-hybridized carbons (Fsp3) is 0.333. The smallest absolute Gasteiger partial charge is 0.221 e. The molecule has 1 atom stereocenters. The summed E-state index contributed by atoms with van der Waals surface area (Å²) in [6.45, 7) is 2.46. The lowest BCUT2D eigenvalue weighted by Crippen LogP contribution is -2.31. The first kappa shape index (κ1) is 17.2. The topological polar surface area (TPSA) is 72.9 Å². The zero-order valence-corrected chi connectivity index (χ0v) is 12.8. The van der Waals surface area contributed by atoms with Crippen LogP contribution in [0, 0.1) is 0 Å². The van der Waals surface area contributed by atoms with Crippen LogP contribution in [0.5, 0.6) is 0 Å². The van der Waals surface area contributed by atoms with Gasteiger partial charge in [0.15, 0.2) is 0 Å². The predicted octanol–water partition coefficient (Wildman–Crippen LogP) is 1.69. The Morgan fingerprint density at radius 3 is 2.67 bits per heavy atom. The van der Waals surface area contributed by atoms with Gasteiger partial charge in [0.05, 0.1) is 5.69 Å². The van der Waals surface area contributed by atoms with E-state index < -0.39 is 0 Å². The number of amides is 1. The first-order valence-electron chi connectivity index (χ1n) is 6.76. The molecule has 114 valence electrons. The Hall–Kier alpha value is -1.85. The zero-order chi connectivity index (χ0) is 14.4. The molecule has 0 aliphatic rings. The molecule has 2 rings (SSSR count). The maximum absolute atomic E-state index is 11.5. The van der Waals surface area contributed by atoms with E-state index in [1.54, 1.807) is 6.20 Å². The van der Waals surface area contributed by atoms with Crippen molar-refractivity contribution in [2.24, 2.45) is 5.73 Å². The first-order valence-corrected chi connectivity index (χ1v) is 6.76. The molecule has 1 unspecified atom stereocenters. The molecule has 0 saturated carbocycles. The van der Waals surface area contributed by atoms with E-state index in [-0.39, 0.29) is 24.4 Å². The molecule has 0 saturated heterocycles. The van der Waals surface area contributed by atoms with Crippen LogP contribution >= 0.6 is 12.4 Å². The number of aromatic nitrogens is 2. The van der Waals surface area contributed by atoms with Gasteiger partial charge in [-0.1, -0.05) is 12.1 Å². The minimum atomic E-state index is -0.0941. The van der Waals surface area contributed by atoms with E-state index in [2.05, 4.69) is 22.5 Å². The maximum Gasteiger partial charge on any atom is 0.221 e. The molecule has 0 aliphatic carbocycles. The van der Waals surface area contributed by atoms with Crippen molar-refractivity contribution in [2.45, 2.75) is 25.8 Å². The fourth-order valence-electron chi connectivity index (χ4n) is 1.95. The Morgan fingerprint density at radius 1 is 1.38 bits per heavy atom. The van der Waals surface area contributed by atoms with Crippen molar-refractivity contribution in [1.29, 1.82) is 0 Å². The van der Waals surface area contributed by atoms with E-state index in [9.17, 15) is 4.79 Å². The second-order valence-corrected chi connectivity index (χ2v) is 4.90. The van der Waals surface area contributed by atoms with Gasteiger partial charge in [-0.2, -0.15) is 5.10 Å². The first-order chi connectivity index (χ1) is 9.65. The summed E-state index contributed by atoms with van der Waals surface area (Å²) in [5.41, 5.74) is 7.78. The molecule has 0 fully saturated rings. The Labute approximate surface area is 130 Å². The van der Waals surface area contributed by atoms with Gasteiger partial charge in [-0.05, 0) is 37.1 Å². The standard InChI is InChI=1S/C15H20N4O.ClH/c1-12(16)11-15(20)17-9-7-13-3-5-14(6-4-13)19-10-2-8-18-19;/h2-6,8,10,12H,7,9,11,16H2,1H3,(H,17,20);1H. The van der Waals surface area contributed by atoms with Gasteiger partial charge in [0.25, 0.3) is 0 Å². The molecule has 1 heterocycles. The SMILES string of the molecule is CC(N)CC(=O)NCCc1ccc(-n2cccn2)cc1.Cl. The lowest BCUT2D eigenvalue weighted by Gasteiger charge is -2.08. The summed E-state index contributed by atoms with van der Waals surface area (Å²) in [5.74, 6) is 0.00756. The average Bonchev–Trinajstić information content (AvgIpc) is 2.92. The van der Waals surface area contributed by atoms with Gasteiger partial charge >= 0.3 is 0 Å². The number of hydrogen-bond acceptors (Lipinski definition) is 3. The maximum atomic E-state index is 11.5. The van der Waals surface area contributed by atoms with Crippen LogP contribution in [0.2, 0.25) is 0 Å². The van der Waals surface area contributed by atoms with E-state index in [1.165, 1.54) is 5.56 Å². The average molecular weight is 309 g/mol. The number of nitrogens with zero attached hydrogens (tertiary/aromatic N) is 2. The molecule has 1 amide bonds. The summed E-state index contributed by atoms with van der Waals surface area (Å²) in [6.07, 6.45) is 4.84. The molecule has 0 bridgehead atoms. The van der Waals surface area contributed by atoms with Gasteiger partial charge in [0, 0.05) is 31.4 Å². The van der Waals surface area contributed by atoms with Crippen molar-refractivity contribution in [2.75, 3.05) is 6.54 Å². The number of carbonyl (C=O) groups excluding carboxylic acids is 1. The van der Waals surface area contributed by atoms with Gasteiger partial charge in [-0.3, -0.25) is 4.79 Å².